The maximum Gasteiger partial charge on any atom is 0.0991 e. The van der Waals surface area contributed by atoms with Crippen molar-refractivity contribution in [2.24, 2.45) is 0 Å². The van der Waals surface area contributed by atoms with Gasteiger partial charge in [-0.3, -0.25) is 4.68 Å². The van der Waals surface area contributed by atoms with E-state index in [2.05, 4.69) is 43.3 Å². The Morgan fingerprint density at radius 2 is 1.95 bits per heavy atom. The van der Waals surface area contributed by atoms with Crippen LogP contribution >= 0.6 is 0 Å². The minimum Gasteiger partial charge on any atom is -0.304 e. The molecule has 0 aliphatic heterocycles. The Morgan fingerprint density at radius 1 is 1.24 bits per heavy atom. The van der Waals surface area contributed by atoms with E-state index in [1.54, 1.807) is 0 Å². The molecule has 110 valence electrons. The molecule has 1 aromatic heterocycles. The third kappa shape index (κ3) is 3.93. The summed E-state index contributed by atoms with van der Waals surface area (Å²) >= 11 is 0. The maximum absolute atomic E-state index is 8.81. The Kier molecular flexibility index (Phi) is 5.13. The number of nitrogens with one attached hydrogen (secondary N) is 1. The zero-order chi connectivity index (χ0) is 15.2. The first-order valence-electron chi connectivity index (χ1n) is 7.41. The Hall–Kier alpha value is -2.12. The van der Waals surface area contributed by atoms with E-state index in [1.807, 2.05) is 35.1 Å². The molecular formula is C17H22N4. The van der Waals surface area contributed by atoms with Gasteiger partial charge in [0.25, 0.3) is 0 Å². The Morgan fingerprint density at radius 3 is 2.57 bits per heavy atom. The van der Waals surface area contributed by atoms with Crippen molar-refractivity contribution < 1.29 is 0 Å². The lowest BCUT2D eigenvalue weighted by molar-refractivity contribution is 0.468. The van der Waals surface area contributed by atoms with Crippen LogP contribution in [0.2, 0.25) is 0 Å². The summed E-state index contributed by atoms with van der Waals surface area (Å²) in [5.74, 6) is 0. The van der Waals surface area contributed by atoms with Crippen molar-refractivity contribution in [2.45, 2.75) is 45.8 Å². The molecule has 2 aromatic rings. The summed E-state index contributed by atoms with van der Waals surface area (Å²) in [6, 6.07) is 12.6. The number of nitriles is 1. The summed E-state index contributed by atoms with van der Waals surface area (Å²) in [7, 11) is 0. The Labute approximate surface area is 126 Å². The molecule has 0 amide bonds. The van der Waals surface area contributed by atoms with Crippen LogP contribution in [0.3, 0.4) is 0 Å². The average molecular weight is 282 g/mol. The van der Waals surface area contributed by atoms with Crippen LogP contribution in [0.1, 0.15) is 56.1 Å². The summed E-state index contributed by atoms with van der Waals surface area (Å²) in [6.07, 6.45) is 3.12. The van der Waals surface area contributed by atoms with Gasteiger partial charge < -0.3 is 5.32 Å². The van der Waals surface area contributed by atoms with Gasteiger partial charge in [-0.15, -0.1) is 0 Å². The molecule has 0 fully saturated rings. The SMILES string of the molecule is CCC(C)n1ccc(CNC(C)c2ccc(C#N)cc2)n1. The molecule has 1 aromatic carbocycles. The lowest BCUT2D eigenvalue weighted by Crippen LogP contribution is -2.18. The van der Waals surface area contributed by atoms with Crippen molar-refractivity contribution in [1.82, 2.24) is 15.1 Å². The highest BCUT2D eigenvalue weighted by Gasteiger charge is 2.08. The third-order valence-corrected chi connectivity index (χ3v) is 3.84. The van der Waals surface area contributed by atoms with Crippen molar-refractivity contribution in [2.75, 3.05) is 0 Å². The van der Waals surface area contributed by atoms with Crippen molar-refractivity contribution >= 4 is 0 Å². The predicted molar refractivity (Wildman–Crippen MR) is 83.6 cm³/mol. The largest absolute Gasteiger partial charge is 0.304 e. The van der Waals surface area contributed by atoms with Gasteiger partial charge in [-0.05, 0) is 44.0 Å². The summed E-state index contributed by atoms with van der Waals surface area (Å²) < 4.78 is 2.02. The monoisotopic (exact) mass is 282 g/mol. The van der Waals surface area contributed by atoms with Crippen LogP contribution in [0, 0.1) is 11.3 Å². The molecule has 0 spiro atoms. The maximum atomic E-state index is 8.81. The first-order valence-corrected chi connectivity index (χ1v) is 7.41. The third-order valence-electron chi connectivity index (χ3n) is 3.84. The van der Waals surface area contributed by atoms with Gasteiger partial charge in [0.05, 0.1) is 17.3 Å². The number of hydrogen-bond acceptors (Lipinski definition) is 3. The molecule has 0 aliphatic rings. The van der Waals surface area contributed by atoms with E-state index in [4.69, 9.17) is 5.26 Å². The van der Waals surface area contributed by atoms with Gasteiger partial charge in [0.1, 0.15) is 0 Å². The van der Waals surface area contributed by atoms with Gasteiger partial charge in [0.2, 0.25) is 0 Å². The summed E-state index contributed by atoms with van der Waals surface area (Å²) in [6.45, 7) is 7.19. The standard InChI is InChI=1S/C17H22N4/c1-4-13(2)21-10-9-17(20-21)12-19-14(3)16-7-5-15(11-18)6-8-16/h5-10,13-14,19H,4,12H2,1-3H3. The van der Waals surface area contributed by atoms with Crippen molar-refractivity contribution in [1.29, 1.82) is 5.26 Å². The smallest absolute Gasteiger partial charge is 0.0991 e. The van der Waals surface area contributed by atoms with E-state index in [0.29, 0.717) is 11.6 Å². The number of nitrogens with zero attached hydrogens (tertiary/aromatic N) is 3. The van der Waals surface area contributed by atoms with Crippen LogP contribution in [-0.4, -0.2) is 9.78 Å². The Balaban J connectivity index is 1.92. The zero-order valence-electron chi connectivity index (χ0n) is 12.9. The van der Waals surface area contributed by atoms with Gasteiger partial charge >= 0.3 is 0 Å². The predicted octanol–water partition coefficient (Wildman–Crippen LogP) is 3.58. The molecular weight excluding hydrogens is 260 g/mol. The quantitative estimate of drug-likeness (QED) is 0.881. The van der Waals surface area contributed by atoms with Crippen molar-refractivity contribution in [3.63, 3.8) is 0 Å². The van der Waals surface area contributed by atoms with E-state index >= 15 is 0 Å². The molecule has 2 unspecified atom stereocenters. The second-order valence-corrected chi connectivity index (χ2v) is 5.38. The van der Waals surface area contributed by atoms with E-state index in [9.17, 15) is 0 Å². The Bertz CT molecular complexity index is 606. The van der Waals surface area contributed by atoms with Gasteiger partial charge in [-0.1, -0.05) is 19.1 Å². The summed E-state index contributed by atoms with van der Waals surface area (Å²) in [4.78, 5) is 0. The molecule has 0 bridgehead atoms. The van der Waals surface area contributed by atoms with Crippen molar-refractivity contribution in [3.05, 3.63) is 53.3 Å². The molecule has 0 saturated heterocycles. The van der Waals surface area contributed by atoms with E-state index in [1.165, 1.54) is 5.56 Å². The molecule has 4 nitrogen and oxygen atoms in total. The van der Waals surface area contributed by atoms with Crippen LogP contribution < -0.4 is 5.32 Å². The zero-order valence-corrected chi connectivity index (χ0v) is 12.9. The normalized spacial score (nSPS) is 13.6. The molecule has 0 saturated carbocycles. The first-order chi connectivity index (χ1) is 10.1. The number of rotatable bonds is 6. The second-order valence-electron chi connectivity index (χ2n) is 5.38. The lowest BCUT2D eigenvalue weighted by Gasteiger charge is -2.13. The number of hydrogen-bond donors (Lipinski definition) is 1. The highest BCUT2D eigenvalue weighted by Crippen LogP contribution is 2.14. The number of benzene rings is 1. The fourth-order valence-electron chi connectivity index (χ4n) is 2.13. The fraction of sp³-hybridized carbons (Fsp3) is 0.412. The first kappa shape index (κ1) is 15.3. The van der Waals surface area contributed by atoms with Gasteiger partial charge in [0.15, 0.2) is 0 Å². The highest BCUT2D eigenvalue weighted by molar-refractivity contribution is 5.32. The van der Waals surface area contributed by atoms with Gasteiger partial charge in [-0.25, -0.2) is 0 Å². The molecule has 2 rings (SSSR count). The summed E-state index contributed by atoms with van der Waals surface area (Å²) in [5.41, 5.74) is 2.92. The van der Waals surface area contributed by atoms with Crippen molar-refractivity contribution in [3.8, 4) is 6.07 Å². The van der Waals surface area contributed by atoms with Crippen LogP contribution in [0.25, 0.3) is 0 Å². The van der Waals surface area contributed by atoms with Crippen LogP contribution in [0.4, 0.5) is 0 Å². The van der Waals surface area contributed by atoms with E-state index in [-0.39, 0.29) is 6.04 Å². The minimum absolute atomic E-state index is 0.228. The molecule has 2 atom stereocenters. The van der Waals surface area contributed by atoms with Crippen LogP contribution in [-0.2, 0) is 6.54 Å². The molecule has 21 heavy (non-hydrogen) atoms. The van der Waals surface area contributed by atoms with Gasteiger partial charge in [-0.2, -0.15) is 10.4 Å². The lowest BCUT2D eigenvalue weighted by atomic mass is 10.1. The number of aromatic nitrogens is 2. The molecule has 0 aliphatic carbocycles. The second kappa shape index (κ2) is 7.05. The highest BCUT2D eigenvalue weighted by atomic mass is 15.3. The summed E-state index contributed by atoms with van der Waals surface area (Å²) in [5, 5.41) is 16.9. The van der Waals surface area contributed by atoms with E-state index < -0.39 is 0 Å². The fourth-order valence-corrected chi connectivity index (χ4v) is 2.13. The average Bonchev–Trinajstić information content (AvgIpc) is 3.01. The van der Waals surface area contributed by atoms with E-state index in [0.717, 1.165) is 18.7 Å². The molecule has 1 N–H and O–H groups in total. The van der Waals surface area contributed by atoms with Gasteiger partial charge in [0, 0.05) is 24.8 Å². The molecule has 4 heteroatoms. The topological polar surface area (TPSA) is 53.6 Å². The molecule has 1 heterocycles. The minimum atomic E-state index is 0.228. The molecule has 0 radical (unpaired) electrons. The van der Waals surface area contributed by atoms with Crippen LogP contribution in [0.5, 0.6) is 0 Å². The van der Waals surface area contributed by atoms with Crippen LogP contribution in [0.15, 0.2) is 36.5 Å².